The van der Waals surface area contributed by atoms with Crippen molar-refractivity contribution >= 4 is 37.3 Å². The fraction of sp³-hybridized carbons (Fsp3) is 0.0952. The first kappa shape index (κ1) is 24.2. The molecule has 3 aromatic rings. The molecule has 0 aliphatic heterocycles. The number of anilines is 2. The molecule has 0 aliphatic carbocycles. The predicted octanol–water partition coefficient (Wildman–Crippen LogP) is 2.84. The van der Waals surface area contributed by atoms with E-state index in [1.54, 1.807) is 19.1 Å². The van der Waals surface area contributed by atoms with E-state index in [1.165, 1.54) is 31.4 Å². The smallest absolute Gasteiger partial charge is 0.262 e. The molecule has 4 N–H and O–H groups in total. The van der Waals surface area contributed by atoms with Gasteiger partial charge in [-0.15, -0.1) is 0 Å². The first-order valence-corrected chi connectivity index (χ1v) is 12.3. The molecule has 0 heterocycles. The van der Waals surface area contributed by atoms with Crippen molar-refractivity contribution in [3.8, 4) is 5.75 Å². The second kappa shape index (κ2) is 9.17. The summed E-state index contributed by atoms with van der Waals surface area (Å²) >= 11 is 0. The minimum absolute atomic E-state index is 0.0443. The number of carbonyl (C=O) groups excluding carboxylic acids is 1. The second-order valence-corrected chi connectivity index (χ2v) is 10.2. The van der Waals surface area contributed by atoms with Gasteiger partial charge in [0.2, 0.25) is 10.0 Å². The number of methoxy groups -OCH3 is 1. The molecule has 0 aliphatic rings. The number of aryl methyl sites for hydroxylation is 1. The summed E-state index contributed by atoms with van der Waals surface area (Å²) in [5, 5.41) is 7.36. The van der Waals surface area contributed by atoms with Gasteiger partial charge in [0.05, 0.1) is 16.9 Å². The van der Waals surface area contributed by atoms with Crippen molar-refractivity contribution in [2.24, 2.45) is 5.14 Å². The van der Waals surface area contributed by atoms with Gasteiger partial charge in [-0.1, -0.05) is 6.07 Å². The zero-order valence-corrected chi connectivity index (χ0v) is 19.1. The highest BCUT2D eigenvalue weighted by Crippen LogP contribution is 2.24. The highest BCUT2D eigenvalue weighted by molar-refractivity contribution is 7.92. The summed E-state index contributed by atoms with van der Waals surface area (Å²) in [4.78, 5) is 12.0. The molecule has 3 aromatic carbocycles. The monoisotopic (exact) mass is 493 g/mol. The van der Waals surface area contributed by atoms with E-state index in [1.807, 2.05) is 0 Å². The molecular weight excluding hydrogens is 473 g/mol. The van der Waals surface area contributed by atoms with E-state index >= 15 is 0 Å². The SMILES string of the molecule is COc1ccc(NS(=O)(=O)c2cc(C(=O)Nc3cc(F)cc(S(N)(=O)=O)c3)ccc2C)cc1. The van der Waals surface area contributed by atoms with Crippen molar-refractivity contribution in [3.05, 3.63) is 77.6 Å². The predicted molar refractivity (Wildman–Crippen MR) is 121 cm³/mol. The van der Waals surface area contributed by atoms with Crippen LogP contribution >= 0.6 is 0 Å². The molecule has 0 saturated carbocycles. The zero-order valence-electron chi connectivity index (χ0n) is 17.5. The lowest BCUT2D eigenvalue weighted by atomic mass is 10.1. The van der Waals surface area contributed by atoms with E-state index < -0.39 is 36.7 Å². The fourth-order valence-electron chi connectivity index (χ4n) is 2.90. The van der Waals surface area contributed by atoms with Gasteiger partial charge in [-0.3, -0.25) is 9.52 Å². The van der Waals surface area contributed by atoms with Gasteiger partial charge in [0, 0.05) is 16.9 Å². The van der Waals surface area contributed by atoms with E-state index in [0.717, 1.165) is 18.2 Å². The van der Waals surface area contributed by atoms with Crippen molar-refractivity contribution in [2.45, 2.75) is 16.7 Å². The Kier molecular flexibility index (Phi) is 6.72. The maximum absolute atomic E-state index is 13.8. The van der Waals surface area contributed by atoms with Gasteiger partial charge in [0.15, 0.2) is 0 Å². The first-order valence-electron chi connectivity index (χ1n) is 9.31. The molecular formula is C21H20FN3O6S2. The summed E-state index contributed by atoms with van der Waals surface area (Å²) in [6.45, 7) is 1.56. The Morgan fingerprint density at radius 2 is 1.61 bits per heavy atom. The molecule has 3 rings (SSSR count). The minimum atomic E-state index is -4.20. The number of rotatable bonds is 7. The van der Waals surface area contributed by atoms with Gasteiger partial charge in [-0.05, 0) is 67.1 Å². The quantitative estimate of drug-likeness (QED) is 0.462. The molecule has 12 heteroatoms. The van der Waals surface area contributed by atoms with Gasteiger partial charge in [0.25, 0.3) is 15.9 Å². The molecule has 0 radical (unpaired) electrons. The van der Waals surface area contributed by atoms with E-state index in [-0.39, 0.29) is 16.1 Å². The van der Waals surface area contributed by atoms with Gasteiger partial charge >= 0.3 is 0 Å². The average molecular weight is 494 g/mol. The number of primary sulfonamides is 1. The Hall–Kier alpha value is -3.48. The number of nitrogens with one attached hydrogen (secondary N) is 2. The third-order valence-electron chi connectivity index (χ3n) is 4.54. The Bertz CT molecular complexity index is 1420. The van der Waals surface area contributed by atoms with Crippen molar-refractivity contribution in [1.82, 2.24) is 0 Å². The standard InChI is InChI=1S/C21H20FN3O6S2/c1-13-3-4-14(21(26)24-17-10-15(22)11-19(12-17)32(23,27)28)9-20(13)33(29,30)25-16-5-7-18(31-2)8-6-16/h3-12,25H,1-2H3,(H,24,26)(H2,23,27,28). The van der Waals surface area contributed by atoms with Crippen LogP contribution in [0.5, 0.6) is 5.75 Å². The van der Waals surface area contributed by atoms with Gasteiger partial charge < -0.3 is 10.1 Å². The molecule has 0 spiro atoms. The number of nitrogens with two attached hydrogens (primary N) is 1. The summed E-state index contributed by atoms with van der Waals surface area (Å²) in [5.74, 6) is -1.15. The molecule has 0 aromatic heterocycles. The normalized spacial score (nSPS) is 11.6. The number of sulfonamides is 2. The topological polar surface area (TPSA) is 145 Å². The lowest BCUT2D eigenvalue weighted by Crippen LogP contribution is -2.18. The largest absolute Gasteiger partial charge is 0.497 e. The van der Waals surface area contributed by atoms with Crippen LogP contribution in [0.1, 0.15) is 15.9 Å². The van der Waals surface area contributed by atoms with Gasteiger partial charge in [-0.25, -0.2) is 26.4 Å². The zero-order chi connectivity index (χ0) is 24.4. The minimum Gasteiger partial charge on any atom is -0.497 e. The van der Waals surface area contributed by atoms with Crippen LogP contribution in [0.4, 0.5) is 15.8 Å². The van der Waals surface area contributed by atoms with Crippen LogP contribution in [0.3, 0.4) is 0 Å². The molecule has 0 fully saturated rings. The Labute approximate surface area is 190 Å². The Balaban J connectivity index is 1.89. The molecule has 1 amide bonds. The molecule has 0 bridgehead atoms. The molecule has 0 saturated heterocycles. The highest BCUT2D eigenvalue weighted by Gasteiger charge is 2.20. The van der Waals surface area contributed by atoms with E-state index in [0.29, 0.717) is 23.1 Å². The van der Waals surface area contributed by atoms with E-state index in [4.69, 9.17) is 9.88 Å². The second-order valence-electron chi connectivity index (χ2n) is 6.99. The number of carbonyl (C=O) groups is 1. The molecule has 0 atom stereocenters. The Morgan fingerprint density at radius 3 is 2.21 bits per heavy atom. The number of hydrogen-bond acceptors (Lipinski definition) is 6. The number of benzene rings is 3. The lowest BCUT2D eigenvalue weighted by Gasteiger charge is -2.13. The van der Waals surface area contributed by atoms with Crippen molar-refractivity contribution in [1.29, 1.82) is 0 Å². The van der Waals surface area contributed by atoms with Crippen molar-refractivity contribution in [2.75, 3.05) is 17.1 Å². The number of amides is 1. The van der Waals surface area contributed by atoms with Crippen molar-refractivity contribution < 1.29 is 30.8 Å². The van der Waals surface area contributed by atoms with Crippen LogP contribution in [0.15, 0.2) is 70.5 Å². The number of halogens is 1. The van der Waals surface area contributed by atoms with Crippen LogP contribution in [-0.2, 0) is 20.0 Å². The number of hydrogen-bond donors (Lipinski definition) is 3. The van der Waals surface area contributed by atoms with Crippen LogP contribution in [0, 0.1) is 12.7 Å². The third-order valence-corrected chi connectivity index (χ3v) is 6.96. The van der Waals surface area contributed by atoms with E-state index in [9.17, 15) is 26.0 Å². The van der Waals surface area contributed by atoms with Crippen molar-refractivity contribution in [3.63, 3.8) is 0 Å². The maximum atomic E-state index is 13.8. The Morgan fingerprint density at radius 1 is 0.939 bits per heavy atom. The van der Waals surface area contributed by atoms with E-state index in [2.05, 4.69) is 10.0 Å². The first-order chi connectivity index (χ1) is 15.4. The van der Waals surface area contributed by atoms with Crippen LogP contribution < -0.4 is 19.9 Å². The number of ether oxygens (including phenoxy) is 1. The summed E-state index contributed by atoms with van der Waals surface area (Å²) in [6, 6.07) is 12.8. The molecule has 9 nitrogen and oxygen atoms in total. The highest BCUT2D eigenvalue weighted by atomic mass is 32.2. The maximum Gasteiger partial charge on any atom is 0.262 e. The molecule has 174 valence electrons. The van der Waals surface area contributed by atoms with Gasteiger partial charge in [-0.2, -0.15) is 0 Å². The molecule has 0 unspecified atom stereocenters. The lowest BCUT2D eigenvalue weighted by molar-refractivity contribution is 0.102. The summed E-state index contributed by atoms with van der Waals surface area (Å²) in [6.07, 6.45) is 0. The summed E-state index contributed by atoms with van der Waals surface area (Å²) in [5.41, 5.74) is 0.470. The molecule has 33 heavy (non-hydrogen) atoms. The average Bonchev–Trinajstić information content (AvgIpc) is 2.73. The summed E-state index contributed by atoms with van der Waals surface area (Å²) in [7, 11) is -6.77. The van der Waals surface area contributed by atoms with Crippen LogP contribution in [0.25, 0.3) is 0 Å². The van der Waals surface area contributed by atoms with Gasteiger partial charge in [0.1, 0.15) is 11.6 Å². The summed E-state index contributed by atoms with van der Waals surface area (Å²) < 4.78 is 70.0. The van der Waals surface area contributed by atoms with Crippen LogP contribution in [-0.4, -0.2) is 29.9 Å². The van der Waals surface area contributed by atoms with Crippen LogP contribution in [0.2, 0.25) is 0 Å². The fourth-order valence-corrected chi connectivity index (χ4v) is 4.80. The third kappa shape index (κ3) is 5.86.